The lowest BCUT2D eigenvalue weighted by molar-refractivity contribution is -0.136. The molecule has 2 aliphatic carbocycles. The number of carbonyl (C=O) groups excluding carboxylic acids is 2. The summed E-state index contributed by atoms with van der Waals surface area (Å²) >= 11 is 6.17. The fourth-order valence-corrected chi connectivity index (χ4v) is 3.85. The van der Waals surface area contributed by atoms with Gasteiger partial charge in [0.1, 0.15) is 5.15 Å². The molecule has 156 valence electrons. The first-order valence-corrected chi connectivity index (χ1v) is 9.77. The van der Waals surface area contributed by atoms with Crippen LogP contribution >= 0.6 is 11.6 Å². The van der Waals surface area contributed by atoms with Crippen LogP contribution in [0.25, 0.3) is 5.65 Å². The predicted molar refractivity (Wildman–Crippen MR) is 98.6 cm³/mol. The molecule has 4 rings (SSSR count). The van der Waals surface area contributed by atoms with Crippen LogP contribution in [0.3, 0.4) is 0 Å². The number of aromatic nitrogens is 2. The lowest BCUT2D eigenvalue weighted by Crippen LogP contribution is -2.49. The molecule has 0 aromatic carbocycles. The van der Waals surface area contributed by atoms with Crippen molar-refractivity contribution in [1.82, 2.24) is 25.6 Å². The van der Waals surface area contributed by atoms with Crippen LogP contribution in [0.5, 0.6) is 0 Å². The van der Waals surface area contributed by atoms with E-state index in [0.29, 0.717) is 5.56 Å². The summed E-state index contributed by atoms with van der Waals surface area (Å²) in [6.07, 6.45) is 2.23. The van der Waals surface area contributed by atoms with Crippen LogP contribution < -0.4 is 16.2 Å². The molecule has 29 heavy (non-hydrogen) atoms. The quantitative estimate of drug-likeness (QED) is 0.649. The third-order valence-electron chi connectivity index (χ3n) is 5.23. The summed E-state index contributed by atoms with van der Waals surface area (Å²) in [5.41, 5.74) is 3.03. The molecule has 2 aromatic heterocycles. The van der Waals surface area contributed by atoms with Crippen LogP contribution in [0.2, 0.25) is 5.15 Å². The van der Waals surface area contributed by atoms with Crippen molar-refractivity contribution in [2.45, 2.75) is 56.7 Å². The Balaban J connectivity index is 1.56. The smallest absolute Gasteiger partial charge is 0.334 e. The van der Waals surface area contributed by atoms with Gasteiger partial charge in [-0.2, -0.15) is 13.2 Å². The molecule has 2 heterocycles. The average molecular weight is 430 g/mol. The lowest BCUT2D eigenvalue weighted by Gasteiger charge is -2.13. The number of carbonyl (C=O) groups is 2. The van der Waals surface area contributed by atoms with Gasteiger partial charge >= 0.3 is 12.2 Å². The van der Waals surface area contributed by atoms with E-state index in [-0.39, 0.29) is 17.1 Å². The molecule has 2 aromatic rings. The summed E-state index contributed by atoms with van der Waals surface area (Å²) in [6, 6.07) is 0.503. The fraction of sp³-hybridized carbons (Fsp3) is 0.500. The molecule has 2 fully saturated rings. The highest BCUT2D eigenvalue weighted by atomic mass is 35.5. The number of nitrogens with zero attached hydrogens (tertiary/aromatic N) is 2. The molecule has 0 saturated heterocycles. The average Bonchev–Trinajstić information content (AvgIpc) is 3.30. The van der Waals surface area contributed by atoms with Gasteiger partial charge in [0.05, 0.1) is 5.56 Å². The van der Waals surface area contributed by atoms with E-state index in [1.54, 1.807) is 0 Å². The monoisotopic (exact) mass is 429 g/mol. The molecule has 11 heteroatoms. The van der Waals surface area contributed by atoms with Crippen molar-refractivity contribution < 1.29 is 22.8 Å². The number of alkyl halides is 3. The second kappa shape index (κ2) is 7.40. The number of pyridine rings is 1. The summed E-state index contributed by atoms with van der Waals surface area (Å²) in [5, 5.41) is 2.46. The van der Waals surface area contributed by atoms with Gasteiger partial charge in [-0.15, -0.1) is 0 Å². The zero-order valence-electron chi connectivity index (χ0n) is 15.3. The summed E-state index contributed by atoms with van der Waals surface area (Å²) < 4.78 is 41.6. The molecule has 3 amide bonds. The van der Waals surface area contributed by atoms with E-state index < -0.39 is 35.0 Å². The molecule has 0 unspecified atom stereocenters. The highest BCUT2D eigenvalue weighted by Gasteiger charge is 2.37. The van der Waals surface area contributed by atoms with Crippen molar-refractivity contribution in [1.29, 1.82) is 0 Å². The molecule has 0 atom stereocenters. The maximum absolute atomic E-state index is 13.5. The van der Waals surface area contributed by atoms with E-state index in [1.807, 2.05) is 0 Å². The maximum Gasteiger partial charge on any atom is 0.419 e. The zero-order valence-corrected chi connectivity index (χ0v) is 16.0. The van der Waals surface area contributed by atoms with Gasteiger partial charge < -0.3 is 5.32 Å². The number of imidazole rings is 1. The minimum Gasteiger partial charge on any atom is -0.334 e. The highest BCUT2D eigenvalue weighted by Crippen LogP contribution is 2.43. The van der Waals surface area contributed by atoms with Gasteiger partial charge in [0.15, 0.2) is 11.3 Å². The van der Waals surface area contributed by atoms with E-state index in [2.05, 4.69) is 21.2 Å². The first-order valence-electron chi connectivity index (χ1n) is 9.39. The first-order chi connectivity index (χ1) is 13.7. The van der Waals surface area contributed by atoms with Crippen molar-refractivity contribution in [3.8, 4) is 0 Å². The molecule has 2 aliphatic rings. The van der Waals surface area contributed by atoms with Gasteiger partial charge in [-0.1, -0.05) is 24.4 Å². The molecule has 0 radical (unpaired) electrons. The van der Waals surface area contributed by atoms with Gasteiger partial charge in [0.25, 0.3) is 5.91 Å². The van der Waals surface area contributed by atoms with Gasteiger partial charge in [-0.05, 0) is 43.2 Å². The number of halogens is 4. The van der Waals surface area contributed by atoms with E-state index in [1.165, 1.54) is 6.20 Å². The number of nitrogens with one attached hydrogen (secondary N) is 3. The van der Waals surface area contributed by atoms with E-state index in [9.17, 15) is 22.8 Å². The molecule has 0 bridgehead atoms. The summed E-state index contributed by atoms with van der Waals surface area (Å²) in [6.45, 7) is 0. The number of hydrazine groups is 1. The van der Waals surface area contributed by atoms with Crippen molar-refractivity contribution in [3.05, 3.63) is 34.2 Å². The highest BCUT2D eigenvalue weighted by molar-refractivity contribution is 6.33. The number of urea groups is 1. The summed E-state index contributed by atoms with van der Waals surface area (Å²) in [7, 11) is 0. The number of rotatable bonds is 3. The van der Waals surface area contributed by atoms with Gasteiger partial charge in [0.2, 0.25) is 0 Å². The van der Waals surface area contributed by atoms with E-state index in [0.717, 1.165) is 49.0 Å². The standard InChI is InChI=1S/C18H19ClF3N5O2/c19-14-13(16(28)25-26-17(29)23-11-3-1-2-4-11)24-15-12(18(20,21)22)7-10(8-27(14)15)9-5-6-9/h7-9,11H,1-6H2,(H,25,28)(H2,23,26,29). The topological polar surface area (TPSA) is 87.5 Å². The number of hydrogen-bond acceptors (Lipinski definition) is 3. The number of hydrogen-bond donors (Lipinski definition) is 3. The summed E-state index contributed by atoms with van der Waals surface area (Å²) in [5.74, 6) is -0.849. The molecular weight excluding hydrogens is 411 g/mol. The van der Waals surface area contributed by atoms with E-state index >= 15 is 0 Å². The number of fused-ring (bicyclic) bond motifs is 1. The van der Waals surface area contributed by atoms with E-state index in [4.69, 9.17) is 11.6 Å². The van der Waals surface area contributed by atoms with Crippen LogP contribution in [0.1, 0.15) is 66.1 Å². The Labute approximate surface area is 169 Å². The molecule has 0 spiro atoms. The Morgan fingerprint density at radius 2 is 1.83 bits per heavy atom. The third-order valence-corrected chi connectivity index (χ3v) is 5.59. The van der Waals surface area contributed by atoms with Crippen molar-refractivity contribution in [2.24, 2.45) is 0 Å². The SMILES string of the molecule is O=C(NNC(=O)c1nc2c(C(F)(F)F)cc(C3CC3)cn2c1Cl)NC1CCCC1. The summed E-state index contributed by atoms with van der Waals surface area (Å²) in [4.78, 5) is 28.0. The lowest BCUT2D eigenvalue weighted by atomic mass is 10.1. The van der Waals surface area contributed by atoms with Gasteiger partial charge in [0, 0.05) is 12.2 Å². The normalized spacial score (nSPS) is 17.5. The molecule has 2 saturated carbocycles. The van der Waals surface area contributed by atoms with Crippen molar-refractivity contribution >= 4 is 29.2 Å². The minimum atomic E-state index is -4.64. The van der Waals surface area contributed by atoms with Crippen LogP contribution in [0, 0.1) is 0 Å². The Bertz CT molecular complexity index is 965. The molecule has 0 aliphatic heterocycles. The Morgan fingerprint density at radius 3 is 2.45 bits per heavy atom. The molecule has 7 nitrogen and oxygen atoms in total. The fourth-order valence-electron chi connectivity index (χ4n) is 3.60. The van der Waals surface area contributed by atoms with Gasteiger partial charge in [-0.25, -0.2) is 15.2 Å². The van der Waals surface area contributed by atoms with Crippen LogP contribution in [0.4, 0.5) is 18.0 Å². The zero-order chi connectivity index (χ0) is 20.8. The Kier molecular flexibility index (Phi) is 5.05. The Hall–Kier alpha value is -2.49. The van der Waals surface area contributed by atoms with Crippen molar-refractivity contribution in [3.63, 3.8) is 0 Å². The van der Waals surface area contributed by atoms with Gasteiger partial charge in [-0.3, -0.25) is 14.6 Å². The maximum atomic E-state index is 13.5. The third kappa shape index (κ3) is 4.12. The second-order valence-electron chi connectivity index (χ2n) is 7.44. The van der Waals surface area contributed by atoms with Crippen LogP contribution in [-0.2, 0) is 6.18 Å². The molecular formula is C18H19ClF3N5O2. The largest absolute Gasteiger partial charge is 0.419 e. The number of amides is 3. The predicted octanol–water partition coefficient (Wildman–Crippen LogP) is 3.77. The van der Waals surface area contributed by atoms with Crippen LogP contribution in [-0.4, -0.2) is 27.4 Å². The van der Waals surface area contributed by atoms with Crippen LogP contribution in [0.15, 0.2) is 12.3 Å². The minimum absolute atomic E-state index is 0.0425. The van der Waals surface area contributed by atoms with Crippen molar-refractivity contribution in [2.75, 3.05) is 0 Å². The first kappa shape index (κ1) is 19.8. The molecule has 3 N–H and O–H groups in total. The second-order valence-corrected chi connectivity index (χ2v) is 7.80. The Morgan fingerprint density at radius 1 is 1.14 bits per heavy atom.